The summed E-state index contributed by atoms with van der Waals surface area (Å²) in [5.74, 6) is 0.705. The molecule has 1 aromatic rings. The molecule has 1 saturated heterocycles. The second-order valence-electron chi connectivity index (χ2n) is 5.17. The van der Waals surface area contributed by atoms with Gasteiger partial charge < -0.3 is 4.90 Å². The SMILES string of the molecule is CC(C)n1c(N2CCN(CC(F)(F)F)CC2)n[nH]c1=S. The Morgan fingerprint density at radius 3 is 2.35 bits per heavy atom. The molecule has 0 saturated carbocycles. The van der Waals surface area contributed by atoms with E-state index in [-0.39, 0.29) is 6.04 Å². The van der Waals surface area contributed by atoms with Gasteiger partial charge in [-0.05, 0) is 26.1 Å². The summed E-state index contributed by atoms with van der Waals surface area (Å²) in [6, 6.07) is 0.157. The lowest BCUT2D eigenvalue weighted by molar-refractivity contribution is -0.146. The molecule has 20 heavy (non-hydrogen) atoms. The first-order chi connectivity index (χ1) is 9.28. The lowest BCUT2D eigenvalue weighted by atomic mass is 10.3. The standard InChI is InChI=1S/C11H18F3N5S/c1-8(2)19-9(15-16-10(19)20)18-5-3-17(4-6-18)7-11(12,13)14/h8H,3-7H2,1-2H3,(H,16,20). The van der Waals surface area contributed by atoms with Crippen LogP contribution in [0.25, 0.3) is 0 Å². The summed E-state index contributed by atoms with van der Waals surface area (Å²) in [6.45, 7) is 4.92. The van der Waals surface area contributed by atoms with Crippen molar-refractivity contribution >= 4 is 18.2 Å². The molecular weight excluding hydrogens is 291 g/mol. The van der Waals surface area contributed by atoms with E-state index in [9.17, 15) is 13.2 Å². The fraction of sp³-hybridized carbons (Fsp3) is 0.818. The van der Waals surface area contributed by atoms with Crippen molar-refractivity contribution in [1.82, 2.24) is 19.7 Å². The van der Waals surface area contributed by atoms with Crippen LogP contribution in [0, 0.1) is 4.77 Å². The van der Waals surface area contributed by atoms with Crippen molar-refractivity contribution in [3.05, 3.63) is 4.77 Å². The summed E-state index contributed by atoms with van der Waals surface area (Å²) in [4.78, 5) is 3.39. The number of halogens is 3. The summed E-state index contributed by atoms with van der Waals surface area (Å²) < 4.78 is 39.4. The van der Waals surface area contributed by atoms with Crippen LogP contribution < -0.4 is 4.90 Å². The van der Waals surface area contributed by atoms with Crippen LogP contribution in [-0.4, -0.2) is 58.6 Å². The predicted molar refractivity (Wildman–Crippen MR) is 72.5 cm³/mol. The van der Waals surface area contributed by atoms with Crippen molar-refractivity contribution < 1.29 is 13.2 Å². The molecule has 5 nitrogen and oxygen atoms in total. The number of hydrogen-bond donors (Lipinski definition) is 1. The summed E-state index contributed by atoms with van der Waals surface area (Å²) >= 11 is 5.17. The number of nitrogens with one attached hydrogen (secondary N) is 1. The third-order valence-electron chi connectivity index (χ3n) is 3.26. The summed E-state index contributed by atoms with van der Waals surface area (Å²) in [7, 11) is 0. The van der Waals surface area contributed by atoms with Gasteiger partial charge in [0.1, 0.15) is 0 Å². The number of rotatable bonds is 3. The van der Waals surface area contributed by atoms with E-state index >= 15 is 0 Å². The minimum atomic E-state index is -4.14. The van der Waals surface area contributed by atoms with E-state index in [0.717, 1.165) is 0 Å². The van der Waals surface area contributed by atoms with E-state index < -0.39 is 12.7 Å². The quantitative estimate of drug-likeness (QED) is 0.869. The van der Waals surface area contributed by atoms with Crippen LogP contribution in [0.4, 0.5) is 19.1 Å². The van der Waals surface area contributed by atoms with Crippen molar-refractivity contribution in [1.29, 1.82) is 0 Å². The maximum Gasteiger partial charge on any atom is 0.401 e. The molecule has 114 valence electrons. The highest BCUT2D eigenvalue weighted by Crippen LogP contribution is 2.21. The summed E-state index contributed by atoms with van der Waals surface area (Å²) in [6.07, 6.45) is -4.14. The number of piperazine rings is 1. The second-order valence-corrected chi connectivity index (χ2v) is 5.56. The topological polar surface area (TPSA) is 40.1 Å². The zero-order valence-electron chi connectivity index (χ0n) is 11.4. The zero-order valence-corrected chi connectivity index (χ0v) is 12.3. The highest BCUT2D eigenvalue weighted by Gasteiger charge is 2.32. The Bertz CT molecular complexity index is 499. The Hall–Kier alpha value is -1.09. The first-order valence-corrected chi connectivity index (χ1v) is 6.89. The lowest BCUT2D eigenvalue weighted by Gasteiger charge is -2.35. The predicted octanol–water partition coefficient (Wildman–Crippen LogP) is 2.21. The molecule has 0 aliphatic carbocycles. The Labute approximate surface area is 120 Å². The number of H-pyrrole nitrogens is 1. The van der Waals surface area contributed by atoms with E-state index in [2.05, 4.69) is 10.2 Å². The number of anilines is 1. The molecule has 0 unspecified atom stereocenters. The Kier molecular flexibility index (Phi) is 4.38. The maximum atomic E-state index is 12.3. The van der Waals surface area contributed by atoms with Crippen LogP contribution >= 0.6 is 12.2 Å². The van der Waals surface area contributed by atoms with Gasteiger partial charge in [-0.15, -0.1) is 5.10 Å². The minimum absolute atomic E-state index is 0.157. The molecule has 1 fully saturated rings. The molecule has 1 N–H and O–H groups in total. The molecule has 0 spiro atoms. The highest BCUT2D eigenvalue weighted by molar-refractivity contribution is 7.71. The zero-order chi connectivity index (χ0) is 14.9. The molecule has 1 aliphatic heterocycles. The van der Waals surface area contributed by atoms with Crippen LogP contribution in [0.2, 0.25) is 0 Å². The van der Waals surface area contributed by atoms with Crippen molar-refractivity contribution in [2.24, 2.45) is 0 Å². The van der Waals surface area contributed by atoms with Gasteiger partial charge in [0.2, 0.25) is 5.95 Å². The monoisotopic (exact) mass is 309 g/mol. The molecule has 9 heteroatoms. The van der Waals surface area contributed by atoms with Crippen LogP contribution in [0.1, 0.15) is 19.9 Å². The fourth-order valence-electron chi connectivity index (χ4n) is 2.34. The lowest BCUT2D eigenvalue weighted by Crippen LogP contribution is -2.50. The number of alkyl halides is 3. The van der Waals surface area contributed by atoms with E-state index in [1.54, 1.807) is 0 Å². The number of nitrogens with zero attached hydrogens (tertiary/aromatic N) is 4. The molecule has 0 bridgehead atoms. The van der Waals surface area contributed by atoms with Crippen molar-refractivity contribution in [2.75, 3.05) is 37.6 Å². The van der Waals surface area contributed by atoms with Gasteiger partial charge in [0.25, 0.3) is 0 Å². The van der Waals surface area contributed by atoms with Crippen LogP contribution in [-0.2, 0) is 0 Å². The van der Waals surface area contributed by atoms with Crippen LogP contribution in [0.5, 0.6) is 0 Å². The molecular formula is C11H18F3N5S. The summed E-state index contributed by atoms with van der Waals surface area (Å²) in [5.41, 5.74) is 0. The minimum Gasteiger partial charge on any atom is -0.338 e. The first kappa shape index (κ1) is 15.3. The van der Waals surface area contributed by atoms with Crippen molar-refractivity contribution in [3.8, 4) is 0 Å². The third kappa shape index (κ3) is 3.51. The Balaban J connectivity index is 2.03. The van der Waals surface area contributed by atoms with Gasteiger partial charge in [0.05, 0.1) is 6.54 Å². The van der Waals surface area contributed by atoms with Gasteiger partial charge in [-0.1, -0.05) is 0 Å². The molecule has 0 aromatic carbocycles. The van der Waals surface area contributed by atoms with E-state index in [1.165, 1.54) is 4.90 Å². The highest BCUT2D eigenvalue weighted by atomic mass is 32.1. The smallest absolute Gasteiger partial charge is 0.338 e. The number of hydrogen-bond acceptors (Lipinski definition) is 4. The number of aromatic nitrogens is 3. The molecule has 0 amide bonds. The van der Waals surface area contributed by atoms with E-state index in [1.807, 2.05) is 23.3 Å². The van der Waals surface area contributed by atoms with Gasteiger partial charge >= 0.3 is 6.18 Å². The average Bonchev–Trinajstić information content (AvgIpc) is 2.70. The number of aromatic amines is 1. The fourth-order valence-corrected chi connectivity index (χ4v) is 2.68. The van der Waals surface area contributed by atoms with Crippen LogP contribution in [0.3, 0.4) is 0 Å². The van der Waals surface area contributed by atoms with Crippen molar-refractivity contribution in [2.45, 2.75) is 26.1 Å². The van der Waals surface area contributed by atoms with E-state index in [0.29, 0.717) is 36.9 Å². The summed E-state index contributed by atoms with van der Waals surface area (Å²) in [5, 5.41) is 6.94. The first-order valence-electron chi connectivity index (χ1n) is 6.49. The molecule has 1 aliphatic rings. The van der Waals surface area contributed by atoms with Gasteiger partial charge in [-0.2, -0.15) is 13.2 Å². The second kappa shape index (κ2) is 5.72. The Morgan fingerprint density at radius 2 is 1.85 bits per heavy atom. The largest absolute Gasteiger partial charge is 0.401 e. The van der Waals surface area contributed by atoms with E-state index in [4.69, 9.17) is 12.2 Å². The molecule has 0 radical (unpaired) electrons. The molecule has 1 aromatic heterocycles. The maximum absolute atomic E-state index is 12.3. The average molecular weight is 309 g/mol. The normalized spacial score (nSPS) is 18.0. The van der Waals surface area contributed by atoms with Crippen molar-refractivity contribution in [3.63, 3.8) is 0 Å². The molecule has 0 atom stereocenters. The van der Waals surface area contributed by atoms with Gasteiger partial charge in [-0.3, -0.25) is 9.47 Å². The van der Waals surface area contributed by atoms with Gasteiger partial charge in [-0.25, -0.2) is 5.10 Å². The van der Waals surface area contributed by atoms with Crippen LogP contribution in [0.15, 0.2) is 0 Å². The Morgan fingerprint density at radius 1 is 1.25 bits per heavy atom. The molecule has 2 heterocycles. The van der Waals surface area contributed by atoms with Gasteiger partial charge in [0.15, 0.2) is 4.77 Å². The van der Waals surface area contributed by atoms with Gasteiger partial charge in [0, 0.05) is 32.2 Å². The molecule has 2 rings (SSSR count). The third-order valence-corrected chi connectivity index (χ3v) is 3.55.